The Morgan fingerprint density at radius 2 is 2.05 bits per heavy atom. The van der Waals surface area contributed by atoms with Gasteiger partial charge in [-0.15, -0.1) is 0 Å². The van der Waals surface area contributed by atoms with Crippen molar-refractivity contribution < 1.29 is 9.13 Å². The van der Waals surface area contributed by atoms with E-state index in [1.54, 1.807) is 19.2 Å². The van der Waals surface area contributed by atoms with E-state index in [0.29, 0.717) is 6.42 Å². The van der Waals surface area contributed by atoms with Crippen molar-refractivity contribution >= 4 is 27.5 Å². The van der Waals surface area contributed by atoms with Crippen LogP contribution in [0.3, 0.4) is 0 Å². The third-order valence-electron chi connectivity index (χ3n) is 3.36. The van der Waals surface area contributed by atoms with Gasteiger partial charge in [-0.05, 0) is 54.9 Å². The molecule has 1 unspecified atom stereocenters. The first-order chi connectivity index (χ1) is 10.0. The normalized spacial score (nSPS) is 12.2. The Morgan fingerprint density at radius 3 is 2.67 bits per heavy atom. The summed E-state index contributed by atoms with van der Waals surface area (Å²) in [5.74, 6) is 0.418. The summed E-state index contributed by atoms with van der Waals surface area (Å²) >= 11 is 9.33. The van der Waals surface area contributed by atoms with Crippen LogP contribution in [0.15, 0.2) is 40.9 Å². The summed E-state index contributed by atoms with van der Waals surface area (Å²) in [4.78, 5) is 0. The summed E-state index contributed by atoms with van der Waals surface area (Å²) in [6.45, 7) is 0. The van der Waals surface area contributed by atoms with Crippen LogP contribution in [0.2, 0.25) is 5.02 Å². The number of nitrogens with one attached hydrogen (secondary N) is 1. The zero-order valence-electron chi connectivity index (χ0n) is 11.8. The second-order valence-corrected chi connectivity index (χ2v) is 6.00. The molecule has 0 aliphatic rings. The second-order valence-electron chi connectivity index (χ2n) is 4.68. The molecule has 0 saturated carbocycles. The van der Waals surface area contributed by atoms with Gasteiger partial charge < -0.3 is 10.1 Å². The first kappa shape index (κ1) is 16.3. The molecule has 0 aliphatic carbocycles. The second kappa shape index (κ2) is 7.25. The van der Waals surface area contributed by atoms with Crippen molar-refractivity contribution in [1.29, 1.82) is 0 Å². The summed E-state index contributed by atoms with van der Waals surface area (Å²) in [6.07, 6.45) is 0.709. The summed E-state index contributed by atoms with van der Waals surface area (Å²) in [6, 6.07) is 10.7. The van der Waals surface area contributed by atoms with E-state index in [2.05, 4.69) is 21.2 Å². The molecule has 2 aromatic carbocycles. The Labute approximate surface area is 137 Å². The van der Waals surface area contributed by atoms with Crippen LogP contribution in [0, 0.1) is 5.82 Å². The molecule has 0 aromatic heterocycles. The molecule has 0 aliphatic heterocycles. The molecule has 0 fully saturated rings. The quantitative estimate of drug-likeness (QED) is 0.817. The first-order valence-corrected chi connectivity index (χ1v) is 7.67. The van der Waals surface area contributed by atoms with Crippen LogP contribution < -0.4 is 10.1 Å². The molecule has 0 saturated heterocycles. The van der Waals surface area contributed by atoms with E-state index >= 15 is 0 Å². The Balaban J connectivity index is 2.30. The fraction of sp³-hybridized carbons (Fsp3) is 0.250. The van der Waals surface area contributed by atoms with Crippen molar-refractivity contribution in [3.05, 3.63) is 62.8 Å². The lowest BCUT2D eigenvalue weighted by Crippen LogP contribution is -2.19. The van der Waals surface area contributed by atoms with Crippen LogP contribution in [0.4, 0.5) is 4.39 Å². The molecule has 2 nitrogen and oxygen atoms in total. The monoisotopic (exact) mass is 371 g/mol. The zero-order chi connectivity index (χ0) is 15.4. The van der Waals surface area contributed by atoms with Gasteiger partial charge in [0.05, 0.1) is 12.1 Å². The maximum Gasteiger partial charge on any atom is 0.141 e. The van der Waals surface area contributed by atoms with E-state index < -0.39 is 5.82 Å². The van der Waals surface area contributed by atoms with Crippen molar-refractivity contribution in [2.24, 2.45) is 0 Å². The Kier molecular flexibility index (Phi) is 5.62. The Hall–Kier alpha value is -1.10. The third-order valence-corrected chi connectivity index (χ3v) is 4.14. The standard InChI is InChI=1S/C16H16BrClFNO/c1-20-15(10-3-5-14(19)13(18)8-10)9-11-7-12(17)4-6-16(11)21-2/h3-8,15,20H,9H2,1-2H3. The highest BCUT2D eigenvalue weighted by molar-refractivity contribution is 9.10. The fourth-order valence-corrected chi connectivity index (χ4v) is 2.84. The smallest absolute Gasteiger partial charge is 0.141 e. The Bertz CT molecular complexity index is 636. The van der Waals surface area contributed by atoms with Gasteiger partial charge in [0.25, 0.3) is 0 Å². The van der Waals surface area contributed by atoms with Gasteiger partial charge in [-0.2, -0.15) is 0 Å². The number of rotatable bonds is 5. The molecule has 21 heavy (non-hydrogen) atoms. The highest BCUT2D eigenvalue weighted by atomic mass is 79.9. The van der Waals surface area contributed by atoms with Gasteiger partial charge in [0, 0.05) is 10.5 Å². The minimum absolute atomic E-state index is 0.0197. The largest absolute Gasteiger partial charge is 0.496 e. The van der Waals surface area contributed by atoms with Crippen LogP contribution in [0.1, 0.15) is 17.2 Å². The molecule has 0 radical (unpaired) electrons. The fourth-order valence-electron chi connectivity index (χ4n) is 2.24. The first-order valence-electron chi connectivity index (χ1n) is 6.49. The minimum atomic E-state index is -0.407. The van der Waals surface area contributed by atoms with E-state index in [1.165, 1.54) is 6.07 Å². The predicted octanol–water partition coefficient (Wildman–Crippen LogP) is 4.75. The lowest BCUT2D eigenvalue weighted by atomic mass is 9.98. The molecule has 5 heteroatoms. The molecule has 0 amide bonds. The van der Waals surface area contributed by atoms with Crippen molar-refractivity contribution in [3.63, 3.8) is 0 Å². The molecular weight excluding hydrogens is 357 g/mol. The van der Waals surface area contributed by atoms with E-state index in [4.69, 9.17) is 16.3 Å². The van der Waals surface area contributed by atoms with E-state index in [9.17, 15) is 4.39 Å². The summed E-state index contributed by atoms with van der Waals surface area (Å²) in [7, 11) is 3.52. The van der Waals surface area contributed by atoms with Crippen LogP contribution >= 0.6 is 27.5 Å². The van der Waals surface area contributed by atoms with Gasteiger partial charge >= 0.3 is 0 Å². The molecule has 0 spiro atoms. The number of benzene rings is 2. The number of halogens is 3. The molecule has 0 heterocycles. The molecule has 0 bridgehead atoms. The number of likely N-dealkylation sites (N-methyl/N-ethyl adjacent to an activating group) is 1. The minimum Gasteiger partial charge on any atom is -0.496 e. The van der Waals surface area contributed by atoms with Crippen molar-refractivity contribution in [1.82, 2.24) is 5.32 Å². The highest BCUT2D eigenvalue weighted by Crippen LogP contribution is 2.29. The van der Waals surface area contributed by atoms with Crippen LogP contribution in [-0.4, -0.2) is 14.2 Å². The molecule has 112 valence electrons. The van der Waals surface area contributed by atoms with Gasteiger partial charge in [-0.1, -0.05) is 33.6 Å². The molecular formula is C16H16BrClFNO. The lowest BCUT2D eigenvalue weighted by molar-refractivity contribution is 0.406. The lowest BCUT2D eigenvalue weighted by Gasteiger charge is -2.19. The van der Waals surface area contributed by atoms with Crippen LogP contribution in [-0.2, 0) is 6.42 Å². The van der Waals surface area contributed by atoms with Gasteiger partial charge in [0.1, 0.15) is 11.6 Å². The zero-order valence-corrected chi connectivity index (χ0v) is 14.1. The molecule has 1 atom stereocenters. The summed E-state index contributed by atoms with van der Waals surface area (Å²) in [5.41, 5.74) is 2.00. The van der Waals surface area contributed by atoms with E-state index in [0.717, 1.165) is 21.3 Å². The highest BCUT2D eigenvalue weighted by Gasteiger charge is 2.15. The van der Waals surface area contributed by atoms with Gasteiger partial charge in [-0.3, -0.25) is 0 Å². The van der Waals surface area contributed by atoms with Crippen LogP contribution in [0.5, 0.6) is 5.75 Å². The number of methoxy groups -OCH3 is 1. The molecule has 2 rings (SSSR count). The molecule has 2 aromatic rings. The number of ether oxygens (including phenoxy) is 1. The summed E-state index contributed by atoms with van der Waals surface area (Å²) < 4.78 is 19.7. The Morgan fingerprint density at radius 1 is 1.29 bits per heavy atom. The van der Waals surface area contributed by atoms with Crippen molar-refractivity contribution in [2.45, 2.75) is 12.5 Å². The van der Waals surface area contributed by atoms with Crippen LogP contribution in [0.25, 0.3) is 0 Å². The predicted molar refractivity (Wildman–Crippen MR) is 87.6 cm³/mol. The number of hydrogen-bond donors (Lipinski definition) is 1. The number of hydrogen-bond acceptors (Lipinski definition) is 2. The third kappa shape index (κ3) is 3.96. The van der Waals surface area contributed by atoms with E-state index in [-0.39, 0.29) is 11.1 Å². The SMILES string of the molecule is CNC(Cc1cc(Br)ccc1OC)c1ccc(F)c(Cl)c1. The van der Waals surface area contributed by atoms with Gasteiger partial charge in [-0.25, -0.2) is 4.39 Å². The average molecular weight is 373 g/mol. The topological polar surface area (TPSA) is 21.3 Å². The molecule has 1 N–H and O–H groups in total. The van der Waals surface area contributed by atoms with Gasteiger partial charge in [0.15, 0.2) is 0 Å². The van der Waals surface area contributed by atoms with Crippen molar-refractivity contribution in [3.8, 4) is 5.75 Å². The average Bonchev–Trinajstić information content (AvgIpc) is 2.48. The maximum atomic E-state index is 13.3. The van der Waals surface area contributed by atoms with Crippen molar-refractivity contribution in [2.75, 3.05) is 14.2 Å². The maximum absolute atomic E-state index is 13.3. The van der Waals surface area contributed by atoms with Gasteiger partial charge in [0.2, 0.25) is 0 Å². The van der Waals surface area contributed by atoms with E-state index in [1.807, 2.05) is 25.2 Å². The summed E-state index contributed by atoms with van der Waals surface area (Å²) in [5, 5.41) is 3.37.